The summed E-state index contributed by atoms with van der Waals surface area (Å²) in [7, 11) is 0. The summed E-state index contributed by atoms with van der Waals surface area (Å²) in [4.78, 5) is 11.8. The number of nitrogens with one attached hydrogen (secondary N) is 1. The van der Waals surface area contributed by atoms with Crippen molar-refractivity contribution in [2.45, 2.75) is 26.3 Å². The number of hydrogen-bond donors (Lipinski definition) is 2. The Hall–Kier alpha value is -1.55. The molecule has 0 saturated heterocycles. The van der Waals surface area contributed by atoms with Crippen LogP contribution in [-0.4, -0.2) is 30.3 Å². The minimum Gasteiger partial charge on any atom is -0.494 e. The highest BCUT2D eigenvalue weighted by atomic mass is 16.5. The van der Waals surface area contributed by atoms with Gasteiger partial charge in [-0.2, -0.15) is 0 Å². The number of benzene rings is 1. The first-order valence-electron chi connectivity index (χ1n) is 5.82. The van der Waals surface area contributed by atoms with E-state index in [1.165, 1.54) is 0 Å². The molecule has 0 spiro atoms. The standard InChI is InChI=1S/C13H19NO3/c1-3-7-17-12-6-4-5-11(8-12)13(16)14-10(2)9-15/h4-6,8,10,15H,3,7,9H2,1-2H3,(H,14,16)/t10-/m1/s1. The summed E-state index contributed by atoms with van der Waals surface area (Å²) in [6, 6.07) is 6.78. The molecule has 1 rings (SSSR count). The van der Waals surface area contributed by atoms with Crippen LogP contribution in [0.25, 0.3) is 0 Å². The first-order valence-corrected chi connectivity index (χ1v) is 5.82. The third kappa shape index (κ3) is 4.44. The number of aliphatic hydroxyl groups is 1. The quantitative estimate of drug-likeness (QED) is 0.790. The van der Waals surface area contributed by atoms with Gasteiger partial charge in [-0.05, 0) is 31.5 Å². The lowest BCUT2D eigenvalue weighted by molar-refractivity contribution is 0.0922. The van der Waals surface area contributed by atoms with Crippen molar-refractivity contribution in [3.8, 4) is 5.75 Å². The normalized spacial score (nSPS) is 11.9. The Labute approximate surface area is 102 Å². The summed E-state index contributed by atoms with van der Waals surface area (Å²) in [5.41, 5.74) is 0.541. The molecule has 0 unspecified atom stereocenters. The van der Waals surface area contributed by atoms with Gasteiger partial charge in [-0.15, -0.1) is 0 Å². The molecule has 1 aromatic rings. The van der Waals surface area contributed by atoms with Crippen molar-refractivity contribution < 1.29 is 14.6 Å². The van der Waals surface area contributed by atoms with E-state index < -0.39 is 0 Å². The van der Waals surface area contributed by atoms with Gasteiger partial charge in [0.25, 0.3) is 5.91 Å². The zero-order valence-corrected chi connectivity index (χ0v) is 10.3. The molecule has 1 amide bonds. The van der Waals surface area contributed by atoms with Gasteiger partial charge in [-0.3, -0.25) is 4.79 Å². The molecule has 4 nitrogen and oxygen atoms in total. The summed E-state index contributed by atoms with van der Waals surface area (Å²) >= 11 is 0. The molecule has 1 atom stereocenters. The first kappa shape index (κ1) is 13.5. The minimum absolute atomic E-state index is 0.0717. The van der Waals surface area contributed by atoms with Crippen LogP contribution >= 0.6 is 0 Å². The van der Waals surface area contributed by atoms with Crippen molar-refractivity contribution in [2.75, 3.05) is 13.2 Å². The predicted octanol–water partition coefficient (Wildman–Crippen LogP) is 1.59. The summed E-state index contributed by atoms with van der Waals surface area (Å²) < 4.78 is 5.45. The Morgan fingerprint density at radius 3 is 2.94 bits per heavy atom. The van der Waals surface area contributed by atoms with E-state index in [4.69, 9.17) is 9.84 Å². The van der Waals surface area contributed by atoms with Crippen LogP contribution in [0.2, 0.25) is 0 Å². The van der Waals surface area contributed by atoms with E-state index in [-0.39, 0.29) is 18.6 Å². The van der Waals surface area contributed by atoms with Crippen molar-refractivity contribution in [2.24, 2.45) is 0 Å². The topological polar surface area (TPSA) is 58.6 Å². The highest BCUT2D eigenvalue weighted by Crippen LogP contribution is 2.13. The van der Waals surface area contributed by atoms with Crippen LogP contribution in [-0.2, 0) is 0 Å². The lowest BCUT2D eigenvalue weighted by Crippen LogP contribution is -2.34. The summed E-state index contributed by atoms with van der Waals surface area (Å²) in [6.45, 7) is 4.34. The average Bonchev–Trinajstić information content (AvgIpc) is 2.36. The number of amides is 1. The second-order valence-electron chi connectivity index (χ2n) is 3.93. The van der Waals surface area contributed by atoms with E-state index >= 15 is 0 Å². The number of rotatable bonds is 6. The number of carbonyl (C=O) groups is 1. The molecular formula is C13H19NO3. The van der Waals surface area contributed by atoms with Crippen molar-refractivity contribution in [1.82, 2.24) is 5.32 Å². The van der Waals surface area contributed by atoms with Gasteiger partial charge in [-0.1, -0.05) is 13.0 Å². The van der Waals surface area contributed by atoms with E-state index in [1.807, 2.05) is 13.0 Å². The second kappa shape index (κ2) is 6.91. The van der Waals surface area contributed by atoms with Crippen molar-refractivity contribution >= 4 is 5.91 Å². The molecule has 0 aliphatic rings. The SMILES string of the molecule is CCCOc1cccc(C(=O)N[C@H](C)CO)c1. The minimum atomic E-state index is -0.247. The molecule has 1 aromatic carbocycles. The smallest absolute Gasteiger partial charge is 0.251 e. The summed E-state index contributed by atoms with van der Waals surface area (Å²) in [6.07, 6.45) is 0.929. The summed E-state index contributed by atoms with van der Waals surface area (Å²) in [5.74, 6) is 0.490. The first-order chi connectivity index (χ1) is 8.17. The lowest BCUT2D eigenvalue weighted by atomic mass is 10.2. The van der Waals surface area contributed by atoms with Gasteiger partial charge in [-0.25, -0.2) is 0 Å². The van der Waals surface area contributed by atoms with Gasteiger partial charge >= 0.3 is 0 Å². The van der Waals surface area contributed by atoms with Crippen LogP contribution < -0.4 is 10.1 Å². The van der Waals surface area contributed by atoms with E-state index in [0.29, 0.717) is 17.9 Å². The molecule has 0 saturated carbocycles. The number of carbonyl (C=O) groups excluding carboxylic acids is 1. The van der Waals surface area contributed by atoms with Gasteiger partial charge in [0.1, 0.15) is 5.75 Å². The molecule has 4 heteroatoms. The average molecular weight is 237 g/mol. The van der Waals surface area contributed by atoms with Gasteiger partial charge in [0, 0.05) is 11.6 Å². The molecule has 2 N–H and O–H groups in total. The zero-order chi connectivity index (χ0) is 12.7. The van der Waals surface area contributed by atoms with Gasteiger partial charge in [0.05, 0.1) is 13.2 Å². The summed E-state index contributed by atoms with van der Waals surface area (Å²) in [5, 5.41) is 11.5. The van der Waals surface area contributed by atoms with Crippen LogP contribution in [0.5, 0.6) is 5.75 Å². The predicted molar refractivity (Wildman–Crippen MR) is 66.2 cm³/mol. The molecule has 0 aliphatic heterocycles. The maximum Gasteiger partial charge on any atom is 0.251 e. The van der Waals surface area contributed by atoms with Gasteiger partial charge in [0.2, 0.25) is 0 Å². The van der Waals surface area contributed by atoms with Gasteiger partial charge < -0.3 is 15.2 Å². The number of aliphatic hydroxyl groups excluding tert-OH is 1. The van der Waals surface area contributed by atoms with E-state index in [9.17, 15) is 4.79 Å². The molecule has 0 heterocycles. The third-order valence-corrected chi connectivity index (χ3v) is 2.22. The molecule has 17 heavy (non-hydrogen) atoms. The Kier molecular flexibility index (Phi) is 5.49. The zero-order valence-electron chi connectivity index (χ0n) is 10.3. The lowest BCUT2D eigenvalue weighted by Gasteiger charge is -2.11. The van der Waals surface area contributed by atoms with Crippen LogP contribution in [0.4, 0.5) is 0 Å². The fourth-order valence-corrected chi connectivity index (χ4v) is 1.30. The monoisotopic (exact) mass is 237 g/mol. The van der Waals surface area contributed by atoms with E-state index in [1.54, 1.807) is 25.1 Å². The molecular weight excluding hydrogens is 218 g/mol. The third-order valence-electron chi connectivity index (χ3n) is 2.22. The van der Waals surface area contributed by atoms with E-state index in [2.05, 4.69) is 5.32 Å². The molecule has 0 aromatic heterocycles. The van der Waals surface area contributed by atoms with Crippen LogP contribution in [0.15, 0.2) is 24.3 Å². The molecule has 0 aliphatic carbocycles. The number of hydrogen-bond acceptors (Lipinski definition) is 3. The fourth-order valence-electron chi connectivity index (χ4n) is 1.30. The van der Waals surface area contributed by atoms with E-state index in [0.717, 1.165) is 6.42 Å². The maximum absolute atomic E-state index is 11.8. The molecule has 94 valence electrons. The van der Waals surface area contributed by atoms with Crippen molar-refractivity contribution in [3.63, 3.8) is 0 Å². The van der Waals surface area contributed by atoms with Crippen molar-refractivity contribution in [3.05, 3.63) is 29.8 Å². The highest BCUT2D eigenvalue weighted by molar-refractivity contribution is 5.94. The Morgan fingerprint density at radius 2 is 2.29 bits per heavy atom. The Morgan fingerprint density at radius 1 is 1.53 bits per heavy atom. The molecule has 0 radical (unpaired) electrons. The molecule has 0 bridgehead atoms. The molecule has 0 fully saturated rings. The Bertz CT molecular complexity index is 365. The van der Waals surface area contributed by atoms with Crippen molar-refractivity contribution in [1.29, 1.82) is 0 Å². The van der Waals surface area contributed by atoms with Gasteiger partial charge in [0.15, 0.2) is 0 Å². The number of ether oxygens (including phenoxy) is 1. The maximum atomic E-state index is 11.8. The van der Waals surface area contributed by atoms with Crippen LogP contribution in [0, 0.1) is 0 Å². The van der Waals surface area contributed by atoms with Crippen LogP contribution in [0.3, 0.4) is 0 Å². The largest absolute Gasteiger partial charge is 0.494 e. The second-order valence-corrected chi connectivity index (χ2v) is 3.93. The fraction of sp³-hybridized carbons (Fsp3) is 0.462. The van der Waals surface area contributed by atoms with Crippen LogP contribution in [0.1, 0.15) is 30.6 Å². The Balaban J connectivity index is 2.66. The highest BCUT2D eigenvalue weighted by Gasteiger charge is 2.09.